The van der Waals surface area contributed by atoms with E-state index in [4.69, 9.17) is 14.2 Å². The molecule has 1 N–H and O–H groups in total. The van der Waals surface area contributed by atoms with Crippen molar-refractivity contribution in [1.29, 1.82) is 0 Å². The van der Waals surface area contributed by atoms with E-state index in [-0.39, 0.29) is 36.2 Å². The number of hydrogen-bond acceptors (Lipinski definition) is 6. The number of allylic oxidation sites excluding steroid dienone is 8. The summed E-state index contributed by atoms with van der Waals surface area (Å²) in [5, 5.41) is 9.66. The van der Waals surface area contributed by atoms with Crippen molar-refractivity contribution in [3.05, 3.63) is 48.6 Å². The van der Waals surface area contributed by atoms with Gasteiger partial charge in [-0.1, -0.05) is 236 Å². The zero-order valence-electron chi connectivity index (χ0n) is 43.2. The van der Waals surface area contributed by atoms with Gasteiger partial charge in [0.2, 0.25) is 0 Å². The van der Waals surface area contributed by atoms with Crippen molar-refractivity contribution in [2.24, 2.45) is 0 Å². The maximum Gasteiger partial charge on any atom is 0.362 e. The van der Waals surface area contributed by atoms with Crippen molar-refractivity contribution in [2.45, 2.75) is 257 Å². The van der Waals surface area contributed by atoms with Crippen molar-refractivity contribution in [3.8, 4) is 0 Å². The molecule has 2 atom stereocenters. The molecule has 2 unspecified atom stereocenters. The number of carbonyl (C=O) groups excluding carboxylic acids is 2. The van der Waals surface area contributed by atoms with Crippen molar-refractivity contribution in [3.63, 3.8) is 0 Å². The number of rotatable bonds is 49. The molecule has 0 aromatic rings. The van der Waals surface area contributed by atoms with Gasteiger partial charge in [0.1, 0.15) is 6.61 Å². The Bertz CT molecular complexity index is 1200. The highest BCUT2D eigenvalue weighted by molar-refractivity contribution is 5.72. The van der Waals surface area contributed by atoms with Gasteiger partial charge in [0.25, 0.3) is 0 Å². The predicted octanol–water partition coefficient (Wildman–Crippen LogP) is 15.9. The average molecular weight is 915 g/mol. The smallest absolute Gasteiger partial charge is 0.362 e. The van der Waals surface area contributed by atoms with Gasteiger partial charge in [0, 0.05) is 19.3 Å². The molecule has 0 aliphatic carbocycles. The molecule has 378 valence electrons. The Labute approximate surface area is 401 Å². The minimum atomic E-state index is -0.877. The van der Waals surface area contributed by atoms with Gasteiger partial charge in [-0.25, -0.2) is 4.79 Å². The molecule has 0 aromatic heterocycles. The molecule has 65 heavy (non-hydrogen) atoms. The van der Waals surface area contributed by atoms with Crippen LogP contribution >= 0.6 is 0 Å². The second-order valence-corrected chi connectivity index (χ2v) is 19.6. The van der Waals surface area contributed by atoms with E-state index in [0.717, 1.165) is 64.2 Å². The number of nitrogens with zero attached hydrogens (tertiary/aromatic N) is 1. The molecule has 0 saturated heterocycles. The number of esters is 2. The van der Waals surface area contributed by atoms with Gasteiger partial charge in [0.05, 0.1) is 34.4 Å². The molecular weight excluding hydrogens is 811 g/mol. The molecule has 8 heteroatoms. The number of hydrogen-bond donors (Lipinski definition) is 1. The Morgan fingerprint density at radius 3 is 1.23 bits per heavy atom. The lowest BCUT2D eigenvalue weighted by molar-refractivity contribution is -0.887. The third kappa shape index (κ3) is 46.2. The maximum atomic E-state index is 12.8. The number of quaternary nitrogens is 1. The number of aliphatic carboxylic acids is 1. The molecule has 0 aliphatic heterocycles. The summed E-state index contributed by atoms with van der Waals surface area (Å²) < 4.78 is 17.4. The Morgan fingerprint density at radius 1 is 0.462 bits per heavy atom. The lowest BCUT2D eigenvalue weighted by Crippen LogP contribution is -2.50. The van der Waals surface area contributed by atoms with E-state index in [1.165, 1.54) is 148 Å². The number of carboxylic acid groups (broad SMARTS) is 1. The number of likely N-dealkylation sites (N-methyl/N-ethyl adjacent to an activating group) is 1. The first kappa shape index (κ1) is 62.3. The molecule has 0 amide bonds. The zero-order chi connectivity index (χ0) is 47.7. The third-order valence-electron chi connectivity index (χ3n) is 12.3. The highest BCUT2D eigenvalue weighted by Gasteiger charge is 2.31. The fourth-order valence-electron chi connectivity index (χ4n) is 8.11. The van der Waals surface area contributed by atoms with Gasteiger partial charge in [-0.2, -0.15) is 0 Å². The van der Waals surface area contributed by atoms with E-state index in [2.05, 4.69) is 62.5 Å². The lowest BCUT2D eigenvalue weighted by Gasteiger charge is -2.31. The Morgan fingerprint density at radius 2 is 0.815 bits per heavy atom. The second kappa shape index (κ2) is 47.8. The summed E-state index contributed by atoms with van der Waals surface area (Å²) in [4.78, 5) is 37.2. The molecule has 0 fully saturated rings. The Kier molecular flexibility index (Phi) is 45.8. The quantitative estimate of drug-likeness (QED) is 0.0281. The van der Waals surface area contributed by atoms with Crippen LogP contribution in [0.5, 0.6) is 0 Å². The SMILES string of the molecule is CCCCC/C=C/C=C/C=C/C=C/CCCCCCCC(=O)OCC(COCCC(C(=O)O)[N+](C)(C)C)OC(=O)CCCCCCCCCCCCCCCCCCCCCCCCC. The third-order valence-corrected chi connectivity index (χ3v) is 12.3. The molecule has 0 heterocycles. The van der Waals surface area contributed by atoms with E-state index in [1.54, 1.807) is 0 Å². The number of carboxylic acids is 1. The highest BCUT2D eigenvalue weighted by atomic mass is 16.6. The van der Waals surface area contributed by atoms with Crippen molar-refractivity contribution in [1.82, 2.24) is 0 Å². The Hall–Kier alpha value is -2.71. The summed E-state index contributed by atoms with van der Waals surface area (Å²) in [6.45, 7) is 4.71. The molecular formula is C57H104NO7+. The average Bonchev–Trinajstić information content (AvgIpc) is 3.27. The van der Waals surface area contributed by atoms with E-state index in [0.29, 0.717) is 19.3 Å². The molecule has 0 rings (SSSR count). The van der Waals surface area contributed by atoms with Gasteiger partial charge < -0.3 is 23.8 Å². The first-order chi connectivity index (χ1) is 31.6. The monoisotopic (exact) mass is 915 g/mol. The first-order valence-electron chi connectivity index (χ1n) is 27.2. The molecule has 8 nitrogen and oxygen atoms in total. The van der Waals surface area contributed by atoms with Crippen LogP contribution in [0.4, 0.5) is 0 Å². The van der Waals surface area contributed by atoms with Gasteiger partial charge in [-0.05, 0) is 38.5 Å². The van der Waals surface area contributed by atoms with Gasteiger partial charge >= 0.3 is 17.9 Å². The van der Waals surface area contributed by atoms with Crippen LogP contribution in [0, 0.1) is 0 Å². The first-order valence-corrected chi connectivity index (χ1v) is 27.2. The number of carbonyl (C=O) groups is 3. The predicted molar refractivity (Wildman–Crippen MR) is 275 cm³/mol. The van der Waals surface area contributed by atoms with Crippen LogP contribution in [0.15, 0.2) is 48.6 Å². The molecule has 0 aromatic carbocycles. The maximum absolute atomic E-state index is 12.8. The largest absolute Gasteiger partial charge is 0.477 e. The van der Waals surface area contributed by atoms with Crippen LogP contribution in [0.2, 0.25) is 0 Å². The number of unbranched alkanes of at least 4 members (excludes halogenated alkanes) is 30. The van der Waals surface area contributed by atoms with Gasteiger partial charge in [-0.15, -0.1) is 0 Å². The zero-order valence-corrected chi connectivity index (χ0v) is 43.2. The minimum absolute atomic E-state index is 0.0549. The molecule has 0 saturated carbocycles. The second-order valence-electron chi connectivity index (χ2n) is 19.6. The van der Waals surface area contributed by atoms with E-state index in [1.807, 2.05) is 21.1 Å². The molecule has 0 bridgehead atoms. The lowest BCUT2D eigenvalue weighted by atomic mass is 10.0. The summed E-state index contributed by atoms with van der Waals surface area (Å²) in [6.07, 6.45) is 58.8. The van der Waals surface area contributed by atoms with Crippen LogP contribution in [-0.4, -0.2) is 80.6 Å². The van der Waals surface area contributed by atoms with Crippen LogP contribution in [0.3, 0.4) is 0 Å². The van der Waals surface area contributed by atoms with Gasteiger partial charge in [0.15, 0.2) is 12.1 Å². The summed E-state index contributed by atoms with van der Waals surface area (Å²) in [6, 6.07) is -0.619. The van der Waals surface area contributed by atoms with Crippen LogP contribution in [-0.2, 0) is 28.6 Å². The van der Waals surface area contributed by atoms with Crippen LogP contribution < -0.4 is 0 Å². The van der Waals surface area contributed by atoms with Crippen LogP contribution in [0.25, 0.3) is 0 Å². The fourth-order valence-corrected chi connectivity index (χ4v) is 8.11. The van der Waals surface area contributed by atoms with Crippen LogP contribution in [0.1, 0.15) is 245 Å². The Balaban J connectivity index is 4.22. The van der Waals surface area contributed by atoms with Crippen molar-refractivity contribution >= 4 is 17.9 Å². The van der Waals surface area contributed by atoms with Gasteiger partial charge in [-0.3, -0.25) is 9.59 Å². The fraction of sp³-hybridized carbons (Fsp3) is 0.807. The van der Waals surface area contributed by atoms with E-state index >= 15 is 0 Å². The summed E-state index contributed by atoms with van der Waals surface area (Å²) in [5.41, 5.74) is 0. The molecule has 0 spiro atoms. The summed E-state index contributed by atoms with van der Waals surface area (Å²) >= 11 is 0. The van der Waals surface area contributed by atoms with E-state index < -0.39 is 18.1 Å². The standard InChI is InChI=1S/C57H103NO7/c1-6-8-10-12-14-16-18-20-22-24-26-27-28-29-30-32-34-36-38-40-42-44-46-48-56(60)65-53(51-63-50-49-54(57(61)62)58(3,4)5)52-64-55(59)47-45-43-41-39-37-35-33-31-25-23-21-19-17-15-13-11-9-7-2/h15,17,19,21,23,25,31,33,53-54H,6-14,16,18,20,22,24,26-30,32,34-52H2,1-5H3/p+1/b17-15+,21-19+,25-23+,33-31+. The van der Waals surface area contributed by atoms with Crippen molar-refractivity contribution in [2.75, 3.05) is 41.0 Å². The minimum Gasteiger partial charge on any atom is -0.477 e. The van der Waals surface area contributed by atoms with Crippen molar-refractivity contribution < 1.29 is 38.2 Å². The molecule has 0 radical (unpaired) electrons. The van der Waals surface area contributed by atoms with E-state index in [9.17, 15) is 19.5 Å². The molecule has 0 aliphatic rings. The highest BCUT2D eigenvalue weighted by Crippen LogP contribution is 2.17. The normalized spacial score (nSPS) is 13.2. The summed E-state index contributed by atoms with van der Waals surface area (Å²) in [5.74, 6) is -1.48. The topological polar surface area (TPSA) is 99.1 Å². The summed E-state index contributed by atoms with van der Waals surface area (Å²) in [7, 11) is 5.53. The number of ether oxygens (including phenoxy) is 3.